The van der Waals surface area contributed by atoms with Gasteiger partial charge in [-0.1, -0.05) is 19.1 Å². The molecular weight excluding hydrogens is 152 g/mol. The largest absolute Gasteiger partial charge is 0.508 e. The van der Waals surface area contributed by atoms with Gasteiger partial charge in [-0.15, -0.1) is 0 Å². The molecule has 0 bridgehead atoms. The van der Waals surface area contributed by atoms with Crippen molar-refractivity contribution in [2.24, 2.45) is 0 Å². The van der Waals surface area contributed by atoms with E-state index in [4.69, 9.17) is 0 Å². The first-order chi connectivity index (χ1) is 5.66. The molecule has 0 aliphatic rings. The number of aryl methyl sites for hydroxylation is 1. The van der Waals surface area contributed by atoms with Gasteiger partial charge >= 0.3 is 0 Å². The van der Waals surface area contributed by atoms with E-state index in [0.29, 0.717) is 0 Å². The zero-order valence-electron chi connectivity index (χ0n) is 7.24. The van der Waals surface area contributed by atoms with Crippen LogP contribution in [-0.2, 0) is 4.79 Å². The molecule has 0 radical (unpaired) electrons. The third kappa shape index (κ3) is 1.47. The predicted molar refractivity (Wildman–Crippen MR) is 47.3 cm³/mol. The second-order valence-corrected chi connectivity index (χ2v) is 2.93. The molecule has 1 aromatic carbocycles. The van der Waals surface area contributed by atoms with E-state index in [9.17, 15) is 9.90 Å². The van der Waals surface area contributed by atoms with Crippen molar-refractivity contribution in [1.29, 1.82) is 0 Å². The normalized spacial score (nSPS) is 12.5. The molecule has 0 aromatic heterocycles. The lowest BCUT2D eigenvalue weighted by atomic mass is 9.97. The quantitative estimate of drug-likeness (QED) is 0.679. The first-order valence-corrected chi connectivity index (χ1v) is 3.90. The molecule has 64 valence electrons. The van der Waals surface area contributed by atoms with E-state index < -0.39 is 0 Å². The van der Waals surface area contributed by atoms with Crippen LogP contribution in [0.2, 0.25) is 0 Å². The van der Waals surface area contributed by atoms with E-state index in [1.165, 1.54) is 0 Å². The Morgan fingerprint density at radius 3 is 2.67 bits per heavy atom. The molecule has 0 saturated heterocycles. The lowest BCUT2D eigenvalue weighted by Gasteiger charge is -2.09. The van der Waals surface area contributed by atoms with E-state index in [-0.39, 0.29) is 11.7 Å². The Kier molecular flexibility index (Phi) is 2.48. The van der Waals surface area contributed by atoms with Gasteiger partial charge in [-0.05, 0) is 18.6 Å². The highest BCUT2D eigenvalue weighted by atomic mass is 16.3. The molecule has 1 atom stereocenters. The first-order valence-electron chi connectivity index (χ1n) is 3.90. The van der Waals surface area contributed by atoms with Crippen molar-refractivity contribution < 1.29 is 9.90 Å². The molecule has 1 unspecified atom stereocenters. The van der Waals surface area contributed by atoms with E-state index >= 15 is 0 Å². The maximum absolute atomic E-state index is 10.5. The maximum atomic E-state index is 10.5. The van der Waals surface area contributed by atoms with Crippen LogP contribution in [0.25, 0.3) is 0 Å². The molecule has 0 saturated carbocycles. The highest BCUT2D eigenvalue weighted by molar-refractivity contribution is 5.64. The second-order valence-electron chi connectivity index (χ2n) is 2.93. The highest BCUT2D eigenvalue weighted by Crippen LogP contribution is 2.27. The van der Waals surface area contributed by atoms with Crippen LogP contribution in [-0.4, -0.2) is 11.4 Å². The minimum Gasteiger partial charge on any atom is -0.508 e. The summed E-state index contributed by atoms with van der Waals surface area (Å²) >= 11 is 0. The minimum atomic E-state index is -0.230. The first kappa shape index (κ1) is 8.78. The predicted octanol–water partition coefficient (Wildman–Crippen LogP) is 2.00. The molecule has 1 N–H and O–H groups in total. The number of aromatic hydroxyl groups is 1. The third-order valence-electron chi connectivity index (χ3n) is 1.96. The van der Waals surface area contributed by atoms with Gasteiger partial charge in [0.2, 0.25) is 0 Å². The molecule has 2 heteroatoms. The molecule has 0 aliphatic heterocycles. The van der Waals surface area contributed by atoms with Gasteiger partial charge < -0.3 is 9.90 Å². The summed E-state index contributed by atoms with van der Waals surface area (Å²) in [4.78, 5) is 10.5. The molecular formula is C10H12O2. The van der Waals surface area contributed by atoms with Crippen molar-refractivity contribution >= 4 is 6.29 Å². The monoisotopic (exact) mass is 164 g/mol. The summed E-state index contributed by atoms with van der Waals surface area (Å²) in [7, 11) is 0. The highest BCUT2D eigenvalue weighted by Gasteiger charge is 2.10. The van der Waals surface area contributed by atoms with Gasteiger partial charge in [-0.25, -0.2) is 0 Å². The summed E-state index contributed by atoms with van der Waals surface area (Å²) in [6.07, 6.45) is 0.835. The Hall–Kier alpha value is -1.31. The number of benzene rings is 1. The lowest BCUT2D eigenvalue weighted by Crippen LogP contribution is -1.97. The van der Waals surface area contributed by atoms with Crippen LogP contribution in [0, 0.1) is 6.92 Å². The molecule has 1 aromatic rings. The molecule has 0 heterocycles. The maximum Gasteiger partial charge on any atom is 0.127 e. The number of carbonyl (C=O) groups excluding carboxylic acids is 1. The van der Waals surface area contributed by atoms with Gasteiger partial charge in [0.15, 0.2) is 0 Å². The van der Waals surface area contributed by atoms with Gasteiger partial charge in [0.1, 0.15) is 12.0 Å². The van der Waals surface area contributed by atoms with Crippen LogP contribution in [0.4, 0.5) is 0 Å². The number of aldehydes is 1. The van der Waals surface area contributed by atoms with Crippen LogP contribution in [0.15, 0.2) is 18.2 Å². The summed E-state index contributed by atoms with van der Waals surface area (Å²) in [5.41, 5.74) is 1.68. The third-order valence-corrected chi connectivity index (χ3v) is 1.96. The van der Waals surface area contributed by atoms with Crippen LogP contribution < -0.4 is 0 Å². The van der Waals surface area contributed by atoms with E-state index in [1.54, 1.807) is 19.1 Å². The van der Waals surface area contributed by atoms with Crippen molar-refractivity contribution in [2.75, 3.05) is 0 Å². The summed E-state index contributed by atoms with van der Waals surface area (Å²) in [5.74, 6) is -0.0270. The van der Waals surface area contributed by atoms with Gasteiger partial charge in [0, 0.05) is 11.5 Å². The Morgan fingerprint density at radius 2 is 2.17 bits per heavy atom. The number of phenols is 1. The van der Waals surface area contributed by atoms with Crippen LogP contribution in [0.5, 0.6) is 5.75 Å². The summed E-state index contributed by atoms with van der Waals surface area (Å²) in [5, 5.41) is 9.43. The smallest absolute Gasteiger partial charge is 0.127 e. The summed E-state index contributed by atoms with van der Waals surface area (Å²) < 4.78 is 0. The van der Waals surface area contributed by atoms with Crippen molar-refractivity contribution in [2.45, 2.75) is 19.8 Å². The zero-order valence-corrected chi connectivity index (χ0v) is 7.24. The molecule has 0 spiro atoms. The standard InChI is InChI=1S/C10H12O2/c1-7-4-3-5-9(12)10(7)8(2)6-11/h3-6,8,12H,1-2H3. The molecule has 2 nitrogen and oxygen atoms in total. The van der Waals surface area contributed by atoms with Crippen LogP contribution >= 0.6 is 0 Å². The Morgan fingerprint density at radius 1 is 1.50 bits per heavy atom. The average molecular weight is 164 g/mol. The van der Waals surface area contributed by atoms with Gasteiger partial charge in [-0.2, -0.15) is 0 Å². The van der Waals surface area contributed by atoms with Gasteiger partial charge in [-0.3, -0.25) is 0 Å². The Labute approximate surface area is 71.8 Å². The second kappa shape index (κ2) is 3.39. The van der Waals surface area contributed by atoms with Crippen LogP contribution in [0.1, 0.15) is 24.0 Å². The van der Waals surface area contributed by atoms with E-state index in [2.05, 4.69) is 0 Å². The molecule has 0 fully saturated rings. The number of rotatable bonds is 2. The fraction of sp³-hybridized carbons (Fsp3) is 0.300. The number of phenolic OH excluding ortho intramolecular Hbond substituents is 1. The molecule has 0 amide bonds. The van der Waals surface area contributed by atoms with Crippen molar-refractivity contribution in [3.8, 4) is 5.75 Å². The number of hydrogen-bond donors (Lipinski definition) is 1. The average Bonchev–Trinajstić information content (AvgIpc) is 2.03. The van der Waals surface area contributed by atoms with Crippen molar-refractivity contribution in [3.63, 3.8) is 0 Å². The topological polar surface area (TPSA) is 37.3 Å². The lowest BCUT2D eigenvalue weighted by molar-refractivity contribution is -0.108. The Balaban J connectivity index is 3.20. The fourth-order valence-electron chi connectivity index (χ4n) is 1.33. The molecule has 12 heavy (non-hydrogen) atoms. The zero-order chi connectivity index (χ0) is 9.14. The minimum absolute atomic E-state index is 0.203. The SMILES string of the molecule is Cc1cccc(O)c1C(C)C=O. The van der Waals surface area contributed by atoms with E-state index in [0.717, 1.165) is 17.4 Å². The molecule has 0 aliphatic carbocycles. The summed E-state index contributed by atoms with van der Waals surface area (Å²) in [6.45, 7) is 3.66. The summed E-state index contributed by atoms with van der Waals surface area (Å²) in [6, 6.07) is 5.25. The van der Waals surface area contributed by atoms with Gasteiger partial charge in [0.05, 0.1) is 0 Å². The van der Waals surface area contributed by atoms with Crippen LogP contribution in [0.3, 0.4) is 0 Å². The number of hydrogen-bond acceptors (Lipinski definition) is 2. The fourth-order valence-corrected chi connectivity index (χ4v) is 1.33. The van der Waals surface area contributed by atoms with Gasteiger partial charge in [0.25, 0.3) is 0 Å². The molecule has 1 rings (SSSR count). The number of carbonyl (C=O) groups is 1. The Bertz CT molecular complexity index is 272. The van der Waals surface area contributed by atoms with E-state index in [1.807, 2.05) is 13.0 Å². The van der Waals surface area contributed by atoms with Crippen molar-refractivity contribution in [1.82, 2.24) is 0 Å². The van der Waals surface area contributed by atoms with Crippen molar-refractivity contribution in [3.05, 3.63) is 29.3 Å².